The van der Waals surface area contributed by atoms with E-state index in [0.29, 0.717) is 23.7 Å². The zero-order valence-corrected chi connectivity index (χ0v) is 14.9. The standard InChI is InChI=1S/C14H18BrClN2O2.ClH/c1-20-11-4-5-18(10(7-11)8-17)14(19)12-3-2-9(15)6-13(12)16;/h2-3,6,10-11H,4-5,7-8,17H2,1H3;1H. The van der Waals surface area contributed by atoms with Crippen LogP contribution in [0.4, 0.5) is 0 Å². The first kappa shape index (κ1) is 18.7. The summed E-state index contributed by atoms with van der Waals surface area (Å²) in [4.78, 5) is 14.4. The SMILES string of the molecule is COC1CCN(C(=O)c2ccc(Br)cc2Cl)C(CN)C1.Cl. The van der Waals surface area contributed by atoms with Crippen molar-refractivity contribution in [3.05, 3.63) is 33.3 Å². The predicted molar refractivity (Wildman–Crippen MR) is 90.3 cm³/mol. The highest BCUT2D eigenvalue weighted by Gasteiger charge is 2.31. The molecule has 1 aliphatic heterocycles. The maximum atomic E-state index is 12.6. The number of hydrogen-bond acceptors (Lipinski definition) is 3. The van der Waals surface area contributed by atoms with Crippen molar-refractivity contribution in [3.8, 4) is 0 Å². The maximum absolute atomic E-state index is 12.6. The lowest BCUT2D eigenvalue weighted by Crippen LogP contribution is -2.51. The molecule has 1 fully saturated rings. The van der Waals surface area contributed by atoms with Crippen molar-refractivity contribution >= 4 is 45.8 Å². The highest BCUT2D eigenvalue weighted by atomic mass is 79.9. The number of nitrogens with zero attached hydrogens (tertiary/aromatic N) is 1. The number of rotatable bonds is 3. The van der Waals surface area contributed by atoms with Gasteiger partial charge in [0, 0.05) is 30.7 Å². The Morgan fingerprint density at radius 3 is 2.86 bits per heavy atom. The van der Waals surface area contributed by atoms with Gasteiger partial charge in [0.25, 0.3) is 5.91 Å². The van der Waals surface area contributed by atoms with Crippen LogP contribution in [0.25, 0.3) is 0 Å². The smallest absolute Gasteiger partial charge is 0.255 e. The minimum atomic E-state index is -0.0625. The third kappa shape index (κ3) is 4.33. The van der Waals surface area contributed by atoms with E-state index in [0.717, 1.165) is 17.3 Å². The third-order valence-corrected chi connectivity index (χ3v) is 4.50. The third-order valence-electron chi connectivity index (χ3n) is 3.70. The van der Waals surface area contributed by atoms with Gasteiger partial charge in [-0.15, -0.1) is 12.4 Å². The summed E-state index contributed by atoms with van der Waals surface area (Å²) < 4.78 is 6.22. The Kier molecular flexibility index (Phi) is 7.44. The molecule has 2 unspecified atom stereocenters. The summed E-state index contributed by atoms with van der Waals surface area (Å²) in [6, 6.07) is 5.29. The Morgan fingerprint density at radius 2 is 2.29 bits per heavy atom. The molecule has 0 radical (unpaired) electrons. The molecule has 1 aliphatic rings. The van der Waals surface area contributed by atoms with Gasteiger partial charge in [0.1, 0.15) is 0 Å². The van der Waals surface area contributed by atoms with E-state index in [2.05, 4.69) is 15.9 Å². The van der Waals surface area contributed by atoms with Crippen LogP contribution in [-0.2, 0) is 4.74 Å². The van der Waals surface area contributed by atoms with Crippen LogP contribution in [-0.4, -0.2) is 43.2 Å². The molecule has 0 aliphatic carbocycles. The van der Waals surface area contributed by atoms with Gasteiger partial charge in [0.05, 0.1) is 16.7 Å². The molecule has 2 rings (SSSR count). The van der Waals surface area contributed by atoms with Crippen LogP contribution < -0.4 is 5.73 Å². The molecule has 1 heterocycles. The molecule has 0 bridgehead atoms. The van der Waals surface area contributed by atoms with Crippen LogP contribution in [0.1, 0.15) is 23.2 Å². The van der Waals surface area contributed by atoms with Crippen molar-refractivity contribution in [1.82, 2.24) is 4.90 Å². The van der Waals surface area contributed by atoms with Crippen LogP contribution >= 0.6 is 39.9 Å². The highest BCUT2D eigenvalue weighted by molar-refractivity contribution is 9.10. The monoisotopic (exact) mass is 396 g/mol. The Labute approximate surface area is 144 Å². The average Bonchev–Trinajstić information content (AvgIpc) is 2.46. The van der Waals surface area contributed by atoms with Crippen LogP contribution in [0.3, 0.4) is 0 Å². The van der Waals surface area contributed by atoms with Gasteiger partial charge in [0.2, 0.25) is 0 Å². The second kappa shape index (κ2) is 8.34. The van der Waals surface area contributed by atoms with Crippen molar-refractivity contribution in [2.45, 2.75) is 25.0 Å². The Morgan fingerprint density at radius 1 is 1.57 bits per heavy atom. The van der Waals surface area contributed by atoms with E-state index in [1.54, 1.807) is 19.2 Å². The van der Waals surface area contributed by atoms with Gasteiger partial charge in [-0.25, -0.2) is 0 Å². The average molecular weight is 398 g/mol. The molecule has 1 saturated heterocycles. The van der Waals surface area contributed by atoms with Crippen LogP contribution in [0.5, 0.6) is 0 Å². The van der Waals surface area contributed by atoms with Crippen LogP contribution in [0.15, 0.2) is 22.7 Å². The fourth-order valence-electron chi connectivity index (χ4n) is 2.54. The Balaban J connectivity index is 0.00000220. The number of piperidine rings is 1. The molecule has 2 N–H and O–H groups in total. The molecule has 1 aromatic carbocycles. The zero-order valence-electron chi connectivity index (χ0n) is 11.7. The summed E-state index contributed by atoms with van der Waals surface area (Å²) in [7, 11) is 1.70. The van der Waals surface area contributed by atoms with Crippen molar-refractivity contribution in [2.75, 3.05) is 20.2 Å². The molecule has 0 aromatic heterocycles. The summed E-state index contributed by atoms with van der Waals surface area (Å²) >= 11 is 9.50. The first-order valence-electron chi connectivity index (χ1n) is 6.55. The Hall–Kier alpha value is -0.330. The van der Waals surface area contributed by atoms with Gasteiger partial charge < -0.3 is 15.4 Å². The van der Waals surface area contributed by atoms with Gasteiger partial charge >= 0.3 is 0 Å². The second-order valence-electron chi connectivity index (χ2n) is 4.89. The van der Waals surface area contributed by atoms with Gasteiger partial charge in [-0.2, -0.15) is 0 Å². The molecule has 7 heteroatoms. The quantitative estimate of drug-likeness (QED) is 0.852. The van der Waals surface area contributed by atoms with Gasteiger partial charge in [-0.3, -0.25) is 4.79 Å². The molecule has 21 heavy (non-hydrogen) atoms. The second-order valence-corrected chi connectivity index (χ2v) is 6.22. The summed E-state index contributed by atoms with van der Waals surface area (Å²) in [6.45, 7) is 1.07. The molecule has 0 saturated carbocycles. The molecule has 0 spiro atoms. The number of methoxy groups -OCH3 is 1. The van der Waals surface area contributed by atoms with E-state index in [1.165, 1.54) is 0 Å². The zero-order chi connectivity index (χ0) is 14.7. The number of halogens is 3. The number of carbonyl (C=O) groups excluding carboxylic acids is 1. The van der Waals surface area contributed by atoms with Crippen molar-refractivity contribution in [3.63, 3.8) is 0 Å². The number of nitrogens with two attached hydrogens (primary N) is 1. The number of carbonyl (C=O) groups is 1. The van der Waals surface area contributed by atoms with E-state index in [1.807, 2.05) is 11.0 Å². The van der Waals surface area contributed by atoms with Crippen molar-refractivity contribution in [2.24, 2.45) is 5.73 Å². The number of amides is 1. The molecule has 2 atom stereocenters. The lowest BCUT2D eigenvalue weighted by molar-refractivity contribution is 0.0139. The minimum absolute atomic E-state index is 0. The highest BCUT2D eigenvalue weighted by Crippen LogP contribution is 2.26. The maximum Gasteiger partial charge on any atom is 0.255 e. The molecule has 118 valence electrons. The lowest BCUT2D eigenvalue weighted by atomic mass is 9.98. The van der Waals surface area contributed by atoms with Gasteiger partial charge in [0.15, 0.2) is 0 Å². The Bertz CT molecular complexity index is 502. The molecule has 4 nitrogen and oxygen atoms in total. The number of likely N-dealkylation sites (tertiary alicyclic amines) is 1. The number of ether oxygens (including phenoxy) is 1. The molecule has 1 aromatic rings. The lowest BCUT2D eigenvalue weighted by Gasteiger charge is -2.38. The van der Waals surface area contributed by atoms with Gasteiger partial charge in [-0.05, 0) is 31.0 Å². The fourth-order valence-corrected chi connectivity index (χ4v) is 3.29. The van der Waals surface area contributed by atoms with Crippen LogP contribution in [0.2, 0.25) is 5.02 Å². The normalized spacial score (nSPS) is 21.8. The molecular weight excluding hydrogens is 379 g/mol. The molecule has 1 amide bonds. The first-order valence-corrected chi connectivity index (χ1v) is 7.72. The van der Waals surface area contributed by atoms with Gasteiger partial charge in [-0.1, -0.05) is 27.5 Å². The fraction of sp³-hybridized carbons (Fsp3) is 0.500. The largest absolute Gasteiger partial charge is 0.381 e. The van der Waals surface area contributed by atoms with E-state index < -0.39 is 0 Å². The van der Waals surface area contributed by atoms with E-state index in [4.69, 9.17) is 22.1 Å². The summed E-state index contributed by atoms with van der Waals surface area (Å²) in [5, 5.41) is 0.453. The van der Waals surface area contributed by atoms with E-state index >= 15 is 0 Å². The van der Waals surface area contributed by atoms with Crippen LogP contribution in [0, 0.1) is 0 Å². The van der Waals surface area contributed by atoms with Crippen molar-refractivity contribution < 1.29 is 9.53 Å². The first-order chi connectivity index (χ1) is 9.56. The molecular formula is C14H19BrCl2N2O2. The number of benzene rings is 1. The minimum Gasteiger partial charge on any atom is -0.381 e. The summed E-state index contributed by atoms with van der Waals surface area (Å²) in [5.41, 5.74) is 6.32. The summed E-state index contributed by atoms with van der Waals surface area (Å²) in [6.07, 6.45) is 1.77. The number of hydrogen-bond donors (Lipinski definition) is 1. The van der Waals surface area contributed by atoms with E-state index in [9.17, 15) is 4.79 Å². The van der Waals surface area contributed by atoms with E-state index in [-0.39, 0.29) is 30.5 Å². The topological polar surface area (TPSA) is 55.6 Å². The summed E-state index contributed by atoms with van der Waals surface area (Å²) in [5.74, 6) is -0.0625. The van der Waals surface area contributed by atoms with Crippen molar-refractivity contribution in [1.29, 1.82) is 0 Å². The predicted octanol–water partition coefficient (Wildman–Crippen LogP) is 3.10.